The van der Waals surface area contributed by atoms with Crippen LogP contribution in [0.25, 0.3) is 0 Å². The Bertz CT molecular complexity index is 676. The summed E-state index contributed by atoms with van der Waals surface area (Å²) in [6, 6.07) is 5.82. The first-order valence-electron chi connectivity index (χ1n) is 9.43. The number of aliphatic hydroxyl groups excluding tert-OH is 1. The second-order valence-corrected chi connectivity index (χ2v) is 7.00. The number of hydrogen-bond donors (Lipinski definition) is 3. The number of likely N-dealkylation sites (N-methyl/N-ethyl adjacent to an activating group) is 1. The lowest BCUT2D eigenvalue weighted by Crippen LogP contribution is -2.45. The van der Waals surface area contributed by atoms with Gasteiger partial charge < -0.3 is 25.4 Å². The Hall–Kier alpha value is -2.16. The number of rotatable bonds is 6. The van der Waals surface area contributed by atoms with Crippen molar-refractivity contribution in [1.82, 2.24) is 15.5 Å². The summed E-state index contributed by atoms with van der Waals surface area (Å²) in [5.74, 6) is -1.40. The van der Waals surface area contributed by atoms with E-state index in [4.69, 9.17) is 4.74 Å². The molecule has 0 saturated carbocycles. The maximum atomic E-state index is 11.9. The van der Waals surface area contributed by atoms with Crippen LogP contribution in [-0.4, -0.2) is 81.4 Å². The van der Waals surface area contributed by atoms with Gasteiger partial charge in [-0.2, -0.15) is 0 Å². The molecule has 3 N–H and O–H groups in total. The van der Waals surface area contributed by atoms with E-state index >= 15 is 0 Å². The summed E-state index contributed by atoms with van der Waals surface area (Å²) in [5.41, 5.74) is 3.12. The molecule has 1 unspecified atom stereocenters. The first-order valence-corrected chi connectivity index (χ1v) is 9.43. The third-order valence-electron chi connectivity index (χ3n) is 5.10. The van der Waals surface area contributed by atoms with Crippen LogP contribution < -0.4 is 15.5 Å². The summed E-state index contributed by atoms with van der Waals surface area (Å²) in [5, 5.41) is 15.4. The number of fused-ring (bicyclic) bond motifs is 1. The average Bonchev–Trinajstić information content (AvgIpc) is 3.06. The summed E-state index contributed by atoms with van der Waals surface area (Å²) in [7, 11) is 2.04. The number of carbonyl (C=O) groups is 2. The third-order valence-corrected chi connectivity index (χ3v) is 5.10. The van der Waals surface area contributed by atoms with Crippen LogP contribution in [0.4, 0.5) is 5.69 Å². The largest absolute Gasteiger partial charge is 0.387 e. The number of ether oxygens (including phenoxy) is 1. The minimum absolute atomic E-state index is 0.00431. The number of hydrogen-bond acceptors (Lipinski definition) is 6. The van der Waals surface area contributed by atoms with Gasteiger partial charge in [0.15, 0.2) is 0 Å². The number of aliphatic hydroxyl groups is 1. The van der Waals surface area contributed by atoms with E-state index in [0.717, 1.165) is 31.6 Å². The Kier molecular flexibility index (Phi) is 6.65. The van der Waals surface area contributed by atoms with Crippen molar-refractivity contribution in [3.8, 4) is 0 Å². The van der Waals surface area contributed by atoms with Gasteiger partial charge in [0.05, 0.1) is 19.3 Å². The lowest BCUT2D eigenvalue weighted by atomic mass is 10.0. The first-order chi connectivity index (χ1) is 13.0. The molecule has 27 heavy (non-hydrogen) atoms. The fourth-order valence-electron chi connectivity index (χ4n) is 3.41. The van der Waals surface area contributed by atoms with Crippen LogP contribution >= 0.6 is 0 Å². The fourth-order valence-corrected chi connectivity index (χ4v) is 3.41. The van der Waals surface area contributed by atoms with Gasteiger partial charge in [-0.05, 0) is 23.6 Å². The number of nitrogens with one attached hydrogen (secondary N) is 2. The van der Waals surface area contributed by atoms with Gasteiger partial charge in [0, 0.05) is 52.0 Å². The molecular weight excluding hydrogens is 348 g/mol. The lowest BCUT2D eigenvalue weighted by molar-refractivity contribution is -0.139. The van der Waals surface area contributed by atoms with Crippen LogP contribution in [0.5, 0.6) is 0 Å². The Balaban J connectivity index is 1.39. The molecule has 8 heteroatoms. The van der Waals surface area contributed by atoms with Gasteiger partial charge in [-0.15, -0.1) is 0 Å². The Morgan fingerprint density at radius 1 is 1.19 bits per heavy atom. The molecule has 0 aromatic heterocycles. The fraction of sp³-hybridized carbons (Fsp3) is 0.579. The molecule has 8 nitrogen and oxygen atoms in total. The van der Waals surface area contributed by atoms with Crippen LogP contribution in [0.3, 0.4) is 0 Å². The van der Waals surface area contributed by atoms with Gasteiger partial charge in [0.1, 0.15) is 0 Å². The molecule has 148 valence electrons. The zero-order chi connectivity index (χ0) is 19.2. The number of anilines is 1. The molecule has 1 saturated heterocycles. The lowest BCUT2D eigenvalue weighted by Gasteiger charge is -2.26. The number of benzene rings is 1. The molecule has 0 spiro atoms. The summed E-state index contributed by atoms with van der Waals surface area (Å²) in [6.45, 7) is 5.15. The molecular formula is C19H28N4O4. The number of morpholine rings is 1. The van der Waals surface area contributed by atoms with E-state index in [1.807, 2.05) is 25.2 Å². The van der Waals surface area contributed by atoms with E-state index in [9.17, 15) is 14.7 Å². The minimum Gasteiger partial charge on any atom is -0.387 e. The van der Waals surface area contributed by atoms with Crippen molar-refractivity contribution in [1.29, 1.82) is 0 Å². The monoisotopic (exact) mass is 376 g/mol. The van der Waals surface area contributed by atoms with Gasteiger partial charge in [-0.3, -0.25) is 14.5 Å². The molecule has 2 heterocycles. The van der Waals surface area contributed by atoms with E-state index in [1.54, 1.807) is 0 Å². The highest BCUT2D eigenvalue weighted by molar-refractivity contribution is 6.35. The predicted molar refractivity (Wildman–Crippen MR) is 102 cm³/mol. The Morgan fingerprint density at radius 3 is 2.70 bits per heavy atom. The van der Waals surface area contributed by atoms with Crippen LogP contribution in [-0.2, 0) is 20.7 Å². The second kappa shape index (κ2) is 9.16. The van der Waals surface area contributed by atoms with Crippen LogP contribution in [0.15, 0.2) is 18.2 Å². The maximum absolute atomic E-state index is 11.9. The zero-order valence-corrected chi connectivity index (χ0v) is 15.7. The van der Waals surface area contributed by atoms with Gasteiger partial charge in [0.2, 0.25) is 0 Å². The van der Waals surface area contributed by atoms with Crippen molar-refractivity contribution < 1.29 is 19.4 Å². The minimum atomic E-state index is -0.841. The van der Waals surface area contributed by atoms with Gasteiger partial charge in [-0.25, -0.2) is 0 Å². The number of carbonyl (C=O) groups excluding carboxylic acids is 2. The van der Waals surface area contributed by atoms with Gasteiger partial charge in [0.25, 0.3) is 0 Å². The van der Waals surface area contributed by atoms with Crippen molar-refractivity contribution >= 4 is 17.5 Å². The van der Waals surface area contributed by atoms with Crippen molar-refractivity contribution in [2.75, 3.05) is 64.4 Å². The van der Waals surface area contributed by atoms with E-state index in [2.05, 4.69) is 20.4 Å². The van der Waals surface area contributed by atoms with Crippen LogP contribution in [0.1, 0.15) is 17.2 Å². The highest BCUT2D eigenvalue weighted by Gasteiger charge is 2.19. The van der Waals surface area contributed by atoms with Gasteiger partial charge in [-0.1, -0.05) is 12.1 Å². The quantitative estimate of drug-likeness (QED) is 0.567. The van der Waals surface area contributed by atoms with Gasteiger partial charge >= 0.3 is 11.8 Å². The molecule has 1 aromatic carbocycles. The normalized spacial score (nSPS) is 18.1. The summed E-state index contributed by atoms with van der Waals surface area (Å²) >= 11 is 0. The highest BCUT2D eigenvalue weighted by Crippen LogP contribution is 2.29. The molecule has 2 aliphatic heterocycles. The first kappa shape index (κ1) is 19.6. The number of amides is 2. The molecule has 0 radical (unpaired) electrons. The zero-order valence-electron chi connectivity index (χ0n) is 15.7. The molecule has 2 amide bonds. The van der Waals surface area contributed by atoms with E-state index in [1.165, 1.54) is 11.3 Å². The molecule has 2 aliphatic rings. The highest BCUT2D eigenvalue weighted by atomic mass is 16.5. The molecule has 1 fully saturated rings. The summed E-state index contributed by atoms with van der Waals surface area (Å²) in [4.78, 5) is 28.1. The SMILES string of the molecule is CN1CCc2cc(C(O)CNC(=O)C(=O)NCCN3CCOCC3)ccc21. The maximum Gasteiger partial charge on any atom is 0.309 e. The average molecular weight is 376 g/mol. The van der Waals surface area contributed by atoms with Crippen LogP contribution in [0.2, 0.25) is 0 Å². The molecule has 0 aliphatic carbocycles. The van der Waals surface area contributed by atoms with E-state index in [-0.39, 0.29) is 6.54 Å². The van der Waals surface area contributed by atoms with Crippen molar-refractivity contribution in [2.45, 2.75) is 12.5 Å². The molecule has 1 atom stereocenters. The Morgan fingerprint density at radius 2 is 1.93 bits per heavy atom. The molecule has 0 bridgehead atoms. The van der Waals surface area contributed by atoms with E-state index < -0.39 is 17.9 Å². The summed E-state index contributed by atoms with van der Waals surface area (Å²) in [6.07, 6.45) is 0.107. The summed E-state index contributed by atoms with van der Waals surface area (Å²) < 4.78 is 5.27. The van der Waals surface area contributed by atoms with Crippen molar-refractivity contribution in [2.24, 2.45) is 0 Å². The van der Waals surface area contributed by atoms with E-state index in [0.29, 0.717) is 26.3 Å². The predicted octanol–water partition coefficient (Wildman–Crippen LogP) is -0.723. The standard InChI is InChI=1S/C19H28N4O4/c1-22-6-4-14-12-15(2-3-16(14)22)17(24)13-21-19(26)18(25)20-5-7-23-8-10-27-11-9-23/h2-3,12,17,24H,4-11,13H2,1H3,(H,20,25)(H,21,26). The van der Waals surface area contributed by atoms with Crippen molar-refractivity contribution in [3.05, 3.63) is 29.3 Å². The van der Waals surface area contributed by atoms with Crippen molar-refractivity contribution in [3.63, 3.8) is 0 Å². The van der Waals surface area contributed by atoms with Crippen LogP contribution in [0, 0.1) is 0 Å². The topological polar surface area (TPSA) is 94.1 Å². The molecule has 1 aromatic rings. The second-order valence-electron chi connectivity index (χ2n) is 7.00. The third kappa shape index (κ3) is 5.18. The molecule has 3 rings (SSSR count). The Labute approximate surface area is 159 Å². The number of nitrogens with zero attached hydrogens (tertiary/aromatic N) is 2. The smallest absolute Gasteiger partial charge is 0.309 e.